The lowest BCUT2D eigenvalue weighted by atomic mass is 10.00. The average molecular weight is 330 g/mol. The van der Waals surface area contributed by atoms with Crippen LogP contribution in [-0.4, -0.2) is 18.7 Å². The van der Waals surface area contributed by atoms with Crippen molar-refractivity contribution in [2.45, 2.75) is 11.5 Å². The third-order valence-electron chi connectivity index (χ3n) is 3.42. The number of nitrogens with two attached hydrogens (primary N) is 1. The standard InChI is InChI=1S/C16H14N2O4S/c17-23(20,21)13-8-6-11(7-9-13)15-14(10-19)18-22-16(15)12-4-2-1-3-5-12/h1-9,19H,10H2,(H2,17,20,21). The number of sulfonamides is 1. The molecule has 23 heavy (non-hydrogen) atoms. The maximum atomic E-state index is 11.3. The van der Waals surface area contributed by atoms with Gasteiger partial charge in [-0.15, -0.1) is 0 Å². The molecule has 0 saturated carbocycles. The molecule has 0 fully saturated rings. The number of hydrogen-bond donors (Lipinski definition) is 2. The largest absolute Gasteiger partial charge is 0.390 e. The summed E-state index contributed by atoms with van der Waals surface area (Å²) in [4.78, 5) is 0.0181. The van der Waals surface area contributed by atoms with Crippen LogP contribution in [0.15, 0.2) is 64.0 Å². The second kappa shape index (κ2) is 5.96. The topological polar surface area (TPSA) is 106 Å². The van der Waals surface area contributed by atoms with Gasteiger partial charge in [-0.25, -0.2) is 13.6 Å². The Morgan fingerprint density at radius 3 is 2.22 bits per heavy atom. The van der Waals surface area contributed by atoms with E-state index in [2.05, 4.69) is 5.16 Å². The van der Waals surface area contributed by atoms with Gasteiger partial charge in [0.05, 0.1) is 17.1 Å². The predicted octanol–water partition coefficient (Wildman–Crippen LogP) is 2.15. The fourth-order valence-electron chi connectivity index (χ4n) is 2.33. The Morgan fingerprint density at radius 2 is 1.65 bits per heavy atom. The number of rotatable bonds is 4. The first-order valence-electron chi connectivity index (χ1n) is 6.79. The summed E-state index contributed by atoms with van der Waals surface area (Å²) < 4.78 is 28.1. The van der Waals surface area contributed by atoms with E-state index in [1.54, 1.807) is 12.1 Å². The maximum Gasteiger partial charge on any atom is 0.238 e. The van der Waals surface area contributed by atoms with E-state index in [0.717, 1.165) is 5.56 Å². The summed E-state index contributed by atoms with van der Waals surface area (Å²) in [6.07, 6.45) is 0. The molecule has 1 heterocycles. The molecule has 6 nitrogen and oxygen atoms in total. The molecule has 1 aromatic heterocycles. The second-order valence-corrected chi connectivity index (χ2v) is 6.49. The van der Waals surface area contributed by atoms with Gasteiger partial charge in [0.1, 0.15) is 5.69 Å². The number of nitrogens with zero attached hydrogens (tertiary/aromatic N) is 1. The van der Waals surface area contributed by atoms with Crippen LogP contribution in [0.4, 0.5) is 0 Å². The lowest BCUT2D eigenvalue weighted by molar-refractivity contribution is 0.267. The minimum atomic E-state index is -3.75. The number of aliphatic hydroxyl groups excluding tert-OH is 1. The Labute approximate surface area is 133 Å². The lowest BCUT2D eigenvalue weighted by Crippen LogP contribution is -2.11. The molecule has 0 atom stereocenters. The molecule has 0 bridgehead atoms. The van der Waals surface area contributed by atoms with E-state index in [1.807, 2.05) is 30.3 Å². The molecule has 118 valence electrons. The van der Waals surface area contributed by atoms with Crippen LogP contribution in [0.25, 0.3) is 22.5 Å². The van der Waals surface area contributed by atoms with Crippen molar-refractivity contribution >= 4 is 10.0 Å². The Balaban J connectivity index is 2.14. The third kappa shape index (κ3) is 3.02. The maximum absolute atomic E-state index is 11.3. The van der Waals surface area contributed by atoms with Gasteiger partial charge in [-0.1, -0.05) is 47.6 Å². The van der Waals surface area contributed by atoms with Crippen LogP contribution in [0, 0.1) is 0 Å². The van der Waals surface area contributed by atoms with Crippen LogP contribution in [0.2, 0.25) is 0 Å². The van der Waals surface area contributed by atoms with Crippen molar-refractivity contribution in [2.24, 2.45) is 5.14 Å². The van der Waals surface area contributed by atoms with Crippen LogP contribution in [0.1, 0.15) is 5.69 Å². The molecule has 3 aromatic rings. The van der Waals surface area contributed by atoms with E-state index < -0.39 is 10.0 Å². The van der Waals surface area contributed by atoms with Crippen molar-refractivity contribution < 1.29 is 18.0 Å². The highest BCUT2D eigenvalue weighted by atomic mass is 32.2. The van der Waals surface area contributed by atoms with Crippen molar-refractivity contribution in [3.05, 3.63) is 60.3 Å². The lowest BCUT2D eigenvalue weighted by Gasteiger charge is -2.05. The SMILES string of the molecule is NS(=O)(=O)c1ccc(-c2c(CO)noc2-c2ccccc2)cc1. The smallest absolute Gasteiger partial charge is 0.238 e. The van der Waals surface area contributed by atoms with Gasteiger partial charge in [-0.05, 0) is 17.7 Å². The molecule has 3 rings (SSSR count). The van der Waals surface area contributed by atoms with Crippen molar-refractivity contribution in [1.82, 2.24) is 5.16 Å². The van der Waals surface area contributed by atoms with Gasteiger partial charge in [-0.2, -0.15) is 0 Å². The molecule has 0 unspecified atom stereocenters. The van der Waals surface area contributed by atoms with Gasteiger partial charge in [0.2, 0.25) is 10.0 Å². The zero-order chi connectivity index (χ0) is 16.4. The van der Waals surface area contributed by atoms with Crippen molar-refractivity contribution in [3.8, 4) is 22.5 Å². The molecule has 0 saturated heterocycles. The minimum absolute atomic E-state index is 0.0181. The third-order valence-corrected chi connectivity index (χ3v) is 4.35. The number of aliphatic hydroxyl groups is 1. The molecular weight excluding hydrogens is 316 g/mol. The van der Waals surface area contributed by atoms with Crippen LogP contribution in [-0.2, 0) is 16.6 Å². The van der Waals surface area contributed by atoms with Crippen LogP contribution >= 0.6 is 0 Å². The van der Waals surface area contributed by atoms with E-state index in [9.17, 15) is 13.5 Å². The zero-order valence-corrected chi connectivity index (χ0v) is 12.8. The number of primary sulfonamides is 1. The van der Waals surface area contributed by atoms with Crippen molar-refractivity contribution in [2.75, 3.05) is 0 Å². The number of hydrogen-bond acceptors (Lipinski definition) is 5. The fourth-order valence-corrected chi connectivity index (χ4v) is 2.84. The molecule has 0 amide bonds. The summed E-state index contributed by atoms with van der Waals surface area (Å²) in [7, 11) is -3.75. The second-order valence-electron chi connectivity index (χ2n) is 4.93. The summed E-state index contributed by atoms with van der Waals surface area (Å²) in [6, 6.07) is 15.4. The van der Waals surface area contributed by atoms with Gasteiger partial charge < -0.3 is 9.63 Å². The Morgan fingerprint density at radius 1 is 1.00 bits per heavy atom. The zero-order valence-electron chi connectivity index (χ0n) is 12.0. The average Bonchev–Trinajstić information content (AvgIpc) is 2.99. The highest BCUT2D eigenvalue weighted by molar-refractivity contribution is 7.89. The summed E-state index contributed by atoms with van der Waals surface area (Å²) in [6.45, 7) is -0.289. The van der Waals surface area contributed by atoms with Gasteiger partial charge in [-0.3, -0.25) is 0 Å². The van der Waals surface area contributed by atoms with Gasteiger partial charge >= 0.3 is 0 Å². The molecular formula is C16H14N2O4S. The normalized spacial score (nSPS) is 11.6. The van der Waals surface area contributed by atoms with Crippen molar-refractivity contribution in [1.29, 1.82) is 0 Å². The molecule has 0 aliphatic rings. The first-order chi connectivity index (χ1) is 11.0. The molecule has 0 aliphatic heterocycles. The number of benzene rings is 2. The monoisotopic (exact) mass is 330 g/mol. The highest BCUT2D eigenvalue weighted by Crippen LogP contribution is 2.35. The van der Waals surface area contributed by atoms with E-state index in [0.29, 0.717) is 22.6 Å². The van der Waals surface area contributed by atoms with Gasteiger partial charge in [0.25, 0.3) is 0 Å². The quantitative estimate of drug-likeness (QED) is 0.762. The Kier molecular flexibility index (Phi) is 3.99. The Hall–Kier alpha value is -2.48. The van der Waals surface area contributed by atoms with E-state index >= 15 is 0 Å². The summed E-state index contributed by atoms with van der Waals surface area (Å²) >= 11 is 0. The molecule has 7 heteroatoms. The van der Waals surface area contributed by atoms with E-state index in [1.165, 1.54) is 12.1 Å². The van der Waals surface area contributed by atoms with Crippen LogP contribution < -0.4 is 5.14 Å². The van der Waals surface area contributed by atoms with Gasteiger partial charge in [0, 0.05) is 5.56 Å². The summed E-state index contributed by atoms with van der Waals surface area (Å²) in [5, 5.41) is 18.5. The van der Waals surface area contributed by atoms with Gasteiger partial charge in [0.15, 0.2) is 5.76 Å². The highest BCUT2D eigenvalue weighted by Gasteiger charge is 2.19. The minimum Gasteiger partial charge on any atom is -0.390 e. The first-order valence-corrected chi connectivity index (χ1v) is 8.33. The van der Waals surface area contributed by atoms with Crippen LogP contribution in [0.5, 0.6) is 0 Å². The van der Waals surface area contributed by atoms with E-state index in [-0.39, 0.29) is 11.5 Å². The fraction of sp³-hybridized carbons (Fsp3) is 0.0625. The molecule has 3 N–H and O–H groups in total. The predicted molar refractivity (Wildman–Crippen MR) is 84.7 cm³/mol. The summed E-state index contributed by atoms with van der Waals surface area (Å²) in [5.74, 6) is 0.512. The Bertz CT molecular complexity index is 916. The van der Waals surface area contributed by atoms with E-state index in [4.69, 9.17) is 9.66 Å². The molecule has 0 aliphatic carbocycles. The number of aromatic nitrogens is 1. The first kappa shape index (κ1) is 15.4. The molecule has 0 spiro atoms. The van der Waals surface area contributed by atoms with Crippen molar-refractivity contribution in [3.63, 3.8) is 0 Å². The molecule has 0 radical (unpaired) electrons. The van der Waals surface area contributed by atoms with Crippen LogP contribution in [0.3, 0.4) is 0 Å². The summed E-state index contributed by atoms with van der Waals surface area (Å²) in [5.41, 5.74) is 2.50. The molecule has 2 aromatic carbocycles.